The standard InChI is InChI=1S/C14H11FN2OS/c1-18-13-8-9(6-7-10(13)15)17-12-5-3-2-4-11(12)16-14(17)19/h2-8H,1H3,(H,16,19). The van der Waals surface area contributed by atoms with Gasteiger partial charge in [0, 0.05) is 6.07 Å². The zero-order valence-electron chi connectivity index (χ0n) is 10.2. The number of fused-ring (bicyclic) bond motifs is 1. The van der Waals surface area contributed by atoms with Crippen LogP contribution in [0.15, 0.2) is 42.5 Å². The summed E-state index contributed by atoms with van der Waals surface area (Å²) < 4.78 is 20.9. The van der Waals surface area contributed by atoms with Gasteiger partial charge >= 0.3 is 0 Å². The summed E-state index contributed by atoms with van der Waals surface area (Å²) in [5.74, 6) is -0.192. The highest BCUT2D eigenvalue weighted by Gasteiger charge is 2.09. The first kappa shape index (κ1) is 11.9. The van der Waals surface area contributed by atoms with Crippen LogP contribution in [0.25, 0.3) is 16.7 Å². The fourth-order valence-corrected chi connectivity index (χ4v) is 2.41. The average molecular weight is 274 g/mol. The minimum absolute atomic E-state index is 0.199. The van der Waals surface area contributed by atoms with E-state index in [1.165, 1.54) is 13.2 Å². The third kappa shape index (κ3) is 1.92. The monoisotopic (exact) mass is 274 g/mol. The van der Waals surface area contributed by atoms with Crippen LogP contribution in [0.1, 0.15) is 0 Å². The topological polar surface area (TPSA) is 29.9 Å². The molecule has 1 aromatic heterocycles. The zero-order chi connectivity index (χ0) is 13.4. The van der Waals surface area contributed by atoms with Crippen LogP contribution in [0.4, 0.5) is 4.39 Å². The predicted molar refractivity (Wildman–Crippen MR) is 75.0 cm³/mol. The second kappa shape index (κ2) is 4.51. The van der Waals surface area contributed by atoms with Crippen LogP contribution in [0.3, 0.4) is 0 Å². The number of ether oxygens (including phenoxy) is 1. The lowest BCUT2D eigenvalue weighted by Crippen LogP contribution is -1.96. The van der Waals surface area contributed by atoms with Crippen molar-refractivity contribution in [3.05, 3.63) is 53.1 Å². The maximum absolute atomic E-state index is 13.5. The van der Waals surface area contributed by atoms with E-state index in [0.29, 0.717) is 4.77 Å². The van der Waals surface area contributed by atoms with E-state index in [9.17, 15) is 4.39 Å². The van der Waals surface area contributed by atoms with Crippen LogP contribution in [-0.2, 0) is 0 Å². The normalized spacial score (nSPS) is 10.8. The number of nitrogens with zero attached hydrogens (tertiary/aromatic N) is 1. The Bertz CT molecular complexity index is 807. The molecule has 0 aliphatic rings. The Morgan fingerprint density at radius 1 is 1.21 bits per heavy atom. The van der Waals surface area contributed by atoms with E-state index >= 15 is 0 Å². The van der Waals surface area contributed by atoms with E-state index in [4.69, 9.17) is 17.0 Å². The molecule has 0 amide bonds. The highest BCUT2D eigenvalue weighted by Crippen LogP contribution is 2.24. The average Bonchev–Trinajstić information content (AvgIpc) is 2.75. The van der Waals surface area contributed by atoms with Gasteiger partial charge in [0.1, 0.15) is 0 Å². The van der Waals surface area contributed by atoms with Crippen molar-refractivity contribution >= 4 is 23.3 Å². The molecule has 0 saturated carbocycles. The third-order valence-corrected chi connectivity index (χ3v) is 3.27. The van der Waals surface area contributed by atoms with Crippen molar-refractivity contribution in [2.24, 2.45) is 0 Å². The number of nitrogens with one attached hydrogen (secondary N) is 1. The van der Waals surface area contributed by atoms with E-state index in [0.717, 1.165) is 16.7 Å². The van der Waals surface area contributed by atoms with Crippen LogP contribution in [-0.4, -0.2) is 16.7 Å². The number of hydrogen-bond donors (Lipinski definition) is 1. The Balaban J connectivity index is 2.30. The Labute approximate surface area is 114 Å². The molecule has 0 unspecified atom stereocenters. The summed E-state index contributed by atoms with van der Waals surface area (Å²) in [5.41, 5.74) is 2.65. The van der Waals surface area contributed by atoms with Crippen LogP contribution < -0.4 is 4.74 Å². The number of hydrogen-bond acceptors (Lipinski definition) is 2. The first-order valence-corrected chi connectivity index (χ1v) is 6.15. The largest absolute Gasteiger partial charge is 0.494 e. The second-order valence-corrected chi connectivity index (χ2v) is 4.49. The highest BCUT2D eigenvalue weighted by atomic mass is 32.1. The van der Waals surface area contributed by atoms with Crippen molar-refractivity contribution in [1.82, 2.24) is 9.55 Å². The minimum atomic E-state index is -0.391. The molecule has 1 N–H and O–H groups in total. The second-order valence-electron chi connectivity index (χ2n) is 4.10. The summed E-state index contributed by atoms with van der Waals surface area (Å²) in [7, 11) is 1.44. The molecule has 0 aliphatic carbocycles. The first-order chi connectivity index (χ1) is 9.20. The summed E-state index contributed by atoms with van der Waals surface area (Å²) >= 11 is 5.32. The van der Waals surface area contributed by atoms with Gasteiger partial charge in [0.25, 0.3) is 0 Å². The Hall–Kier alpha value is -2.14. The molecule has 1 heterocycles. The molecular weight excluding hydrogens is 263 g/mol. The third-order valence-electron chi connectivity index (χ3n) is 2.98. The van der Waals surface area contributed by atoms with Gasteiger partial charge in [-0.15, -0.1) is 0 Å². The van der Waals surface area contributed by atoms with E-state index in [1.807, 2.05) is 28.8 Å². The number of aromatic nitrogens is 2. The summed E-state index contributed by atoms with van der Waals surface area (Å²) in [6.45, 7) is 0. The number of halogens is 1. The van der Waals surface area contributed by atoms with Crippen molar-refractivity contribution in [2.45, 2.75) is 0 Å². The number of H-pyrrole nitrogens is 1. The van der Waals surface area contributed by atoms with Gasteiger partial charge in [0.05, 0.1) is 23.8 Å². The fourth-order valence-electron chi connectivity index (χ4n) is 2.10. The SMILES string of the molecule is COc1cc(-n2c(=S)[nH]c3ccccc32)ccc1F. The molecule has 0 atom stereocenters. The molecule has 2 aromatic carbocycles. The smallest absolute Gasteiger partial charge is 0.182 e. The van der Waals surface area contributed by atoms with Gasteiger partial charge in [0.15, 0.2) is 16.3 Å². The van der Waals surface area contributed by atoms with E-state index in [-0.39, 0.29) is 5.75 Å². The summed E-state index contributed by atoms with van der Waals surface area (Å²) in [6.07, 6.45) is 0. The van der Waals surface area contributed by atoms with Gasteiger partial charge in [-0.25, -0.2) is 4.39 Å². The molecule has 96 valence electrons. The number of imidazole rings is 1. The minimum Gasteiger partial charge on any atom is -0.494 e. The Morgan fingerprint density at radius 2 is 2.00 bits per heavy atom. The molecule has 0 aliphatic heterocycles. The van der Waals surface area contributed by atoms with Gasteiger partial charge in [-0.2, -0.15) is 0 Å². The molecule has 0 bridgehead atoms. The van der Waals surface area contributed by atoms with Crippen molar-refractivity contribution in [3.8, 4) is 11.4 Å². The number of benzene rings is 2. The molecule has 3 rings (SSSR count). The van der Waals surface area contributed by atoms with E-state index < -0.39 is 5.82 Å². The molecule has 0 radical (unpaired) electrons. The van der Waals surface area contributed by atoms with Crippen LogP contribution >= 0.6 is 12.2 Å². The molecule has 5 heteroatoms. The maximum Gasteiger partial charge on any atom is 0.182 e. The number of para-hydroxylation sites is 2. The van der Waals surface area contributed by atoms with Crippen molar-refractivity contribution in [1.29, 1.82) is 0 Å². The molecule has 3 aromatic rings. The van der Waals surface area contributed by atoms with Crippen LogP contribution in [0, 0.1) is 10.6 Å². The van der Waals surface area contributed by atoms with Gasteiger partial charge in [0.2, 0.25) is 0 Å². The molecule has 0 saturated heterocycles. The summed E-state index contributed by atoms with van der Waals surface area (Å²) in [5, 5.41) is 0. The fraction of sp³-hybridized carbons (Fsp3) is 0.0714. The predicted octanol–water partition coefficient (Wildman–Crippen LogP) is 3.84. The summed E-state index contributed by atoms with van der Waals surface area (Å²) in [6, 6.07) is 12.4. The van der Waals surface area contributed by atoms with Crippen LogP contribution in [0.2, 0.25) is 0 Å². The van der Waals surface area contributed by atoms with E-state index in [1.54, 1.807) is 12.1 Å². The Kier molecular flexibility index (Phi) is 2.83. The summed E-state index contributed by atoms with van der Waals surface area (Å²) in [4.78, 5) is 3.12. The van der Waals surface area contributed by atoms with E-state index in [2.05, 4.69) is 4.98 Å². The number of aromatic amines is 1. The van der Waals surface area contributed by atoms with Gasteiger partial charge in [-0.05, 0) is 36.5 Å². The van der Waals surface area contributed by atoms with Gasteiger partial charge in [-0.1, -0.05) is 12.1 Å². The van der Waals surface area contributed by atoms with Crippen molar-refractivity contribution in [3.63, 3.8) is 0 Å². The lowest BCUT2D eigenvalue weighted by Gasteiger charge is -2.07. The molecular formula is C14H11FN2OS. The number of methoxy groups -OCH3 is 1. The molecule has 0 fully saturated rings. The quantitative estimate of drug-likeness (QED) is 0.720. The lowest BCUT2D eigenvalue weighted by atomic mass is 10.2. The molecule has 3 nitrogen and oxygen atoms in total. The Morgan fingerprint density at radius 3 is 2.79 bits per heavy atom. The van der Waals surface area contributed by atoms with Crippen LogP contribution in [0.5, 0.6) is 5.75 Å². The maximum atomic E-state index is 13.5. The molecule has 0 spiro atoms. The first-order valence-electron chi connectivity index (χ1n) is 5.74. The van der Waals surface area contributed by atoms with Crippen molar-refractivity contribution < 1.29 is 9.13 Å². The lowest BCUT2D eigenvalue weighted by molar-refractivity contribution is 0.386. The van der Waals surface area contributed by atoms with Gasteiger partial charge in [-0.3, -0.25) is 4.57 Å². The number of rotatable bonds is 2. The molecule has 19 heavy (non-hydrogen) atoms. The zero-order valence-corrected chi connectivity index (χ0v) is 11.0. The van der Waals surface area contributed by atoms with Crippen molar-refractivity contribution in [2.75, 3.05) is 7.11 Å². The van der Waals surface area contributed by atoms with Gasteiger partial charge < -0.3 is 9.72 Å². The highest BCUT2D eigenvalue weighted by molar-refractivity contribution is 7.71.